The molecule has 0 aliphatic heterocycles. The molecular formula is C17H24N2O5. The number of benzene rings is 1. The highest BCUT2D eigenvalue weighted by molar-refractivity contribution is 5.83. The van der Waals surface area contributed by atoms with Crippen LogP contribution in [-0.2, 0) is 25.7 Å². The summed E-state index contributed by atoms with van der Waals surface area (Å²) in [5.41, 5.74) is 0.836. The number of carbonyl (C=O) groups is 3. The number of alkyl carbamates (subject to hydrolysis) is 1. The molecule has 0 saturated carbocycles. The first-order valence-electron chi connectivity index (χ1n) is 7.72. The Balaban J connectivity index is 2.45. The monoisotopic (exact) mass is 336 g/mol. The summed E-state index contributed by atoms with van der Waals surface area (Å²) >= 11 is 0. The summed E-state index contributed by atoms with van der Waals surface area (Å²) in [6.07, 6.45) is -0.730. The largest absolute Gasteiger partial charge is 0.467 e. The van der Waals surface area contributed by atoms with Crippen molar-refractivity contribution in [2.24, 2.45) is 5.92 Å². The van der Waals surface area contributed by atoms with Crippen LogP contribution in [0.15, 0.2) is 30.3 Å². The second-order valence-corrected chi connectivity index (χ2v) is 5.53. The van der Waals surface area contributed by atoms with Crippen LogP contribution >= 0.6 is 0 Å². The zero-order valence-corrected chi connectivity index (χ0v) is 14.2. The van der Waals surface area contributed by atoms with Crippen molar-refractivity contribution in [1.82, 2.24) is 10.6 Å². The lowest BCUT2D eigenvalue weighted by atomic mass is 10.1. The second-order valence-electron chi connectivity index (χ2n) is 5.53. The van der Waals surface area contributed by atoms with Gasteiger partial charge < -0.3 is 20.1 Å². The molecule has 24 heavy (non-hydrogen) atoms. The molecule has 0 bridgehead atoms. The lowest BCUT2D eigenvalue weighted by Crippen LogP contribution is -2.48. The summed E-state index contributed by atoms with van der Waals surface area (Å²) in [7, 11) is 1.23. The Bertz CT molecular complexity index is 545. The van der Waals surface area contributed by atoms with Gasteiger partial charge in [-0.1, -0.05) is 44.2 Å². The lowest BCUT2D eigenvalue weighted by molar-refractivity contribution is -0.143. The molecule has 132 valence electrons. The van der Waals surface area contributed by atoms with E-state index in [9.17, 15) is 14.4 Å². The van der Waals surface area contributed by atoms with Crippen molar-refractivity contribution in [3.05, 3.63) is 35.9 Å². The number of hydrogen-bond donors (Lipinski definition) is 2. The molecule has 1 atom stereocenters. The highest BCUT2D eigenvalue weighted by atomic mass is 16.6. The first-order chi connectivity index (χ1) is 11.4. The third-order valence-corrected chi connectivity index (χ3v) is 3.28. The van der Waals surface area contributed by atoms with Crippen molar-refractivity contribution < 1.29 is 23.9 Å². The summed E-state index contributed by atoms with van der Waals surface area (Å²) in [5, 5.41) is 5.27. The van der Waals surface area contributed by atoms with Gasteiger partial charge in [0.2, 0.25) is 0 Å². The number of hydrogen-bond acceptors (Lipinski definition) is 6. The normalized spacial score (nSPS) is 11.7. The molecule has 1 aromatic rings. The van der Waals surface area contributed by atoms with Crippen molar-refractivity contribution in [3.63, 3.8) is 0 Å². The molecule has 7 nitrogen and oxygen atoms in total. The van der Waals surface area contributed by atoms with Crippen molar-refractivity contribution >= 4 is 17.8 Å². The number of esters is 1. The topological polar surface area (TPSA) is 93.7 Å². The van der Waals surface area contributed by atoms with Crippen molar-refractivity contribution in [2.75, 3.05) is 20.2 Å². The summed E-state index contributed by atoms with van der Waals surface area (Å²) in [6.45, 7) is 3.87. The van der Waals surface area contributed by atoms with Crippen LogP contribution in [0.1, 0.15) is 19.4 Å². The Morgan fingerprint density at radius 1 is 1.12 bits per heavy atom. The van der Waals surface area contributed by atoms with Gasteiger partial charge in [0.1, 0.15) is 18.4 Å². The van der Waals surface area contributed by atoms with Crippen LogP contribution < -0.4 is 10.6 Å². The highest BCUT2D eigenvalue weighted by Crippen LogP contribution is 2.01. The number of methoxy groups -OCH3 is 1. The summed E-state index contributed by atoms with van der Waals surface area (Å²) in [5.74, 6) is -0.695. The molecule has 2 N–H and O–H groups in total. The van der Waals surface area contributed by atoms with E-state index in [1.54, 1.807) is 13.8 Å². The predicted molar refractivity (Wildman–Crippen MR) is 88.3 cm³/mol. The SMILES string of the molecule is COC(=O)C(CNCC(=O)C(C)C)NC(=O)OCc1ccccc1. The smallest absolute Gasteiger partial charge is 0.408 e. The Kier molecular flexibility index (Phi) is 8.49. The first kappa shape index (κ1) is 19.6. The molecule has 1 amide bonds. The van der Waals surface area contributed by atoms with Crippen LogP contribution in [0.25, 0.3) is 0 Å². The fourth-order valence-electron chi connectivity index (χ4n) is 1.79. The van der Waals surface area contributed by atoms with Crippen LogP contribution in [0.3, 0.4) is 0 Å². The van der Waals surface area contributed by atoms with Gasteiger partial charge in [-0.05, 0) is 5.56 Å². The van der Waals surface area contributed by atoms with Gasteiger partial charge in [-0.3, -0.25) is 4.79 Å². The Hall–Kier alpha value is -2.41. The van der Waals surface area contributed by atoms with E-state index in [4.69, 9.17) is 4.74 Å². The van der Waals surface area contributed by atoms with Crippen molar-refractivity contribution in [3.8, 4) is 0 Å². The number of rotatable bonds is 9. The van der Waals surface area contributed by atoms with E-state index < -0.39 is 18.1 Å². The average molecular weight is 336 g/mol. The van der Waals surface area contributed by atoms with Gasteiger partial charge in [0.25, 0.3) is 0 Å². The number of ketones is 1. The van der Waals surface area contributed by atoms with Crippen LogP contribution in [0.5, 0.6) is 0 Å². The molecule has 0 aliphatic rings. The quantitative estimate of drug-likeness (QED) is 0.660. The minimum atomic E-state index is -0.932. The fraction of sp³-hybridized carbons (Fsp3) is 0.471. The molecule has 0 radical (unpaired) electrons. The molecule has 0 aliphatic carbocycles. The minimum Gasteiger partial charge on any atom is -0.467 e. The van der Waals surface area contributed by atoms with E-state index in [0.717, 1.165) is 5.56 Å². The number of ether oxygens (including phenoxy) is 2. The van der Waals surface area contributed by atoms with E-state index in [-0.39, 0.29) is 31.4 Å². The van der Waals surface area contributed by atoms with Gasteiger partial charge >= 0.3 is 12.1 Å². The zero-order chi connectivity index (χ0) is 17.9. The van der Waals surface area contributed by atoms with E-state index >= 15 is 0 Å². The van der Waals surface area contributed by atoms with Gasteiger partial charge in [-0.2, -0.15) is 0 Å². The third kappa shape index (κ3) is 7.23. The zero-order valence-electron chi connectivity index (χ0n) is 14.2. The number of Topliss-reactive ketones (excluding diaryl/α,β-unsaturated/α-hetero) is 1. The molecule has 0 heterocycles. The lowest BCUT2D eigenvalue weighted by Gasteiger charge is -2.17. The van der Waals surface area contributed by atoms with Crippen molar-refractivity contribution in [1.29, 1.82) is 0 Å². The summed E-state index contributed by atoms with van der Waals surface area (Å²) in [6, 6.07) is 8.25. The maximum Gasteiger partial charge on any atom is 0.408 e. The summed E-state index contributed by atoms with van der Waals surface area (Å²) < 4.78 is 9.71. The molecule has 1 aromatic carbocycles. The molecule has 0 fully saturated rings. The fourth-order valence-corrected chi connectivity index (χ4v) is 1.79. The predicted octanol–water partition coefficient (Wildman–Crippen LogP) is 1.27. The number of nitrogens with one attached hydrogen (secondary N) is 2. The molecule has 7 heteroatoms. The summed E-state index contributed by atoms with van der Waals surface area (Å²) in [4.78, 5) is 35.1. The first-order valence-corrected chi connectivity index (χ1v) is 7.72. The van der Waals surface area contributed by atoms with Gasteiger partial charge in [0, 0.05) is 12.5 Å². The van der Waals surface area contributed by atoms with Crippen LogP contribution in [0, 0.1) is 5.92 Å². The maximum atomic E-state index is 11.8. The van der Waals surface area contributed by atoms with E-state index in [1.807, 2.05) is 30.3 Å². The highest BCUT2D eigenvalue weighted by Gasteiger charge is 2.22. The van der Waals surface area contributed by atoms with E-state index in [2.05, 4.69) is 15.4 Å². The van der Waals surface area contributed by atoms with Crippen LogP contribution in [0.4, 0.5) is 4.79 Å². The van der Waals surface area contributed by atoms with Crippen molar-refractivity contribution in [2.45, 2.75) is 26.5 Å². The number of carbonyl (C=O) groups excluding carboxylic acids is 3. The molecule has 1 rings (SSSR count). The van der Waals surface area contributed by atoms with Gasteiger partial charge in [-0.25, -0.2) is 9.59 Å². The minimum absolute atomic E-state index is 0.0188. The van der Waals surface area contributed by atoms with Crippen LogP contribution in [-0.4, -0.2) is 44.1 Å². The maximum absolute atomic E-state index is 11.8. The average Bonchev–Trinajstić information content (AvgIpc) is 2.59. The van der Waals surface area contributed by atoms with Gasteiger partial charge in [0.15, 0.2) is 0 Å². The third-order valence-electron chi connectivity index (χ3n) is 3.28. The van der Waals surface area contributed by atoms with Gasteiger partial charge in [0.05, 0.1) is 13.7 Å². The van der Waals surface area contributed by atoms with E-state index in [0.29, 0.717) is 0 Å². The molecule has 1 unspecified atom stereocenters. The Labute approximate surface area is 141 Å². The number of amides is 1. The van der Waals surface area contributed by atoms with Crippen LogP contribution in [0.2, 0.25) is 0 Å². The Morgan fingerprint density at radius 3 is 2.38 bits per heavy atom. The molecule has 0 saturated heterocycles. The molecule has 0 spiro atoms. The molecule has 0 aromatic heterocycles. The second kappa shape index (κ2) is 10.4. The Morgan fingerprint density at radius 2 is 1.79 bits per heavy atom. The molecular weight excluding hydrogens is 312 g/mol. The van der Waals surface area contributed by atoms with E-state index in [1.165, 1.54) is 7.11 Å². The standard InChI is InChI=1S/C17H24N2O5/c1-12(2)15(20)10-18-9-14(16(21)23-3)19-17(22)24-11-13-7-5-4-6-8-13/h4-8,12,14,18H,9-11H2,1-3H3,(H,19,22). The van der Waals surface area contributed by atoms with Gasteiger partial charge in [-0.15, -0.1) is 0 Å².